The maximum absolute atomic E-state index is 12.1. The molecule has 1 aromatic heterocycles. The first-order chi connectivity index (χ1) is 8.22. The van der Waals surface area contributed by atoms with Crippen molar-refractivity contribution in [2.45, 2.75) is 19.4 Å². The summed E-state index contributed by atoms with van der Waals surface area (Å²) >= 11 is 0. The molecule has 1 amide bonds. The molecule has 0 saturated heterocycles. The number of hydrogen-bond acceptors (Lipinski definition) is 1. The summed E-state index contributed by atoms with van der Waals surface area (Å²) in [7, 11) is 0. The predicted molar refractivity (Wildman–Crippen MR) is 70.0 cm³/mol. The molecule has 0 aliphatic rings. The molecule has 1 aromatic carbocycles. The van der Waals surface area contributed by atoms with Gasteiger partial charge in [0.2, 0.25) is 0 Å². The Morgan fingerprint density at radius 1 is 1.53 bits per heavy atom. The third kappa shape index (κ3) is 2.38. The summed E-state index contributed by atoms with van der Waals surface area (Å²) in [6.07, 6.45) is 4.42. The van der Waals surface area contributed by atoms with E-state index < -0.39 is 0 Å². The first-order valence-corrected chi connectivity index (χ1v) is 5.70. The van der Waals surface area contributed by atoms with E-state index in [4.69, 9.17) is 0 Å². The Balaban J connectivity index is 2.24. The van der Waals surface area contributed by atoms with Gasteiger partial charge in [0.05, 0.1) is 0 Å². The summed E-state index contributed by atoms with van der Waals surface area (Å²) < 4.78 is 0. The van der Waals surface area contributed by atoms with Gasteiger partial charge in [0.1, 0.15) is 0 Å². The lowest BCUT2D eigenvalue weighted by atomic mass is 10.1. The number of aromatic nitrogens is 1. The molecule has 2 N–H and O–H groups in total. The van der Waals surface area contributed by atoms with Crippen LogP contribution in [0.15, 0.2) is 43.1 Å². The number of aromatic amines is 1. The zero-order valence-corrected chi connectivity index (χ0v) is 9.86. The molecule has 0 bridgehead atoms. The van der Waals surface area contributed by atoms with E-state index in [9.17, 15) is 4.79 Å². The van der Waals surface area contributed by atoms with Crippen LogP contribution in [-0.2, 0) is 0 Å². The van der Waals surface area contributed by atoms with E-state index in [0.717, 1.165) is 17.3 Å². The molecule has 0 radical (unpaired) electrons. The number of H-pyrrole nitrogens is 1. The van der Waals surface area contributed by atoms with Gasteiger partial charge < -0.3 is 10.3 Å². The van der Waals surface area contributed by atoms with E-state index in [1.165, 1.54) is 0 Å². The Labute approximate surface area is 101 Å². The van der Waals surface area contributed by atoms with E-state index in [0.29, 0.717) is 5.56 Å². The number of amides is 1. The zero-order valence-electron chi connectivity index (χ0n) is 9.86. The number of benzene rings is 1. The monoisotopic (exact) mass is 228 g/mol. The molecule has 1 heterocycles. The van der Waals surface area contributed by atoms with Crippen LogP contribution in [0.3, 0.4) is 0 Å². The highest BCUT2D eigenvalue weighted by Gasteiger charge is 2.11. The van der Waals surface area contributed by atoms with E-state index in [-0.39, 0.29) is 11.9 Å². The molecule has 2 rings (SSSR count). The van der Waals surface area contributed by atoms with Crippen molar-refractivity contribution >= 4 is 16.8 Å². The summed E-state index contributed by atoms with van der Waals surface area (Å²) in [6.45, 7) is 5.64. The second kappa shape index (κ2) is 4.87. The number of carbonyl (C=O) groups is 1. The lowest BCUT2D eigenvalue weighted by Crippen LogP contribution is -2.32. The standard InChI is InChI=1S/C14H16N2O/c1-3-5-10(2)16-14(17)12-6-4-7-13-11(12)8-9-15-13/h3-4,6-10,15H,1,5H2,2H3,(H,16,17). The van der Waals surface area contributed by atoms with Crippen molar-refractivity contribution in [1.82, 2.24) is 10.3 Å². The SMILES string of the molecule is C=CCC(C)NC(=O)c1cccc2[nH]ccc12. The molecule has 1 unspecified atom stereocenters. The van der Waals surface area contributed by atoms with Crippen LogP contribution in [0, 0.1) is 0 Å². The number of fused-ring (bicyclic) bond motifs is 1. The fourth-order valence-corrected chi connectivity index (χ4v) is 1.89. The van der Waals surface area contributed by atoms with Gasteiger partial charge in [-0.1, -0.05) is 12.1 Å². The first kappa shape index (κ1) is 11.5. The van der Waals surface area contributed by atoms with Gasteiger partial charge in [0.25, 0.3) is 5.91 Å². The average Bonchev–Trinajstić information content (AvgIpc) is 2.76. The smallest absolute Gasteiger partial charge is 0.252 e. The summed E-state index contributed by atoms with van der Waals surface area (Å²) in [5, 5.41) is 3.91. The van der Waals surface area contributed by atoms with Gasteiger partial charge in [-0.05, 0) is 31.5 Å². The minimum absolute atomic E-state index is 0.0375. The van der Waals surface area contributed by atoms with Crippen LogP contribution in [0.4, 0.5) is 0 Å². The lowest BCUT2D eigenvalue weighted by molar-refractivity contribution is 0.0942. The van der Waals surface area contributed by atoms with Crippen molar-refractivity contribution in [3.63, 3.8) is 0 Å². The summed E-state index contributed by atoms with van der Waals surface area (Å²) in [5.41, 5.74) is 1.69. The third-order valence-corrected chi connectivity index (χ3v) is 2.74. The third-order valence-electron chi connectivity index (χ3n) is 2.74. The van der Waals surface area contributed by atoms with Gasteiger partial charge in [-0.25, -0.2) is 0 Å². The van der Waals surface area contributed by atoms with Gasteiger partial charge in [0, 0.05) is 28.7 Å². The van der Waals surface area contributed by atoms with Crippen LogP contribution < -0.4 is 5.32 Å². The molecule has 0 saturated carbocycles. The van der Waals surface area contributed by atoms with Gasteiger partial charge in [-0.15, -0.1) is 6.58 Å². The van der Waals surface area contributed by atoms with Crippen LogP contribution in [0.25, 0.3) is 10.9 Å². The number of rotatable bonds is 4. The minimum atomic E-state index is -0.0375. The second-order valence-electron chi connectivity index (χ2n) is 4.14. The van der Waals surface area contributed by atoms with Crippen molar-refractivity contribution in [2.75, 3.05) is 0 Å². The van der Waals surface area contributed by atoms with Gasteiger partial charge in [-0.3, -0.25) is 4.79 Å². The normalized spacial score (nSPS) is 12.3. The zero-order chi connectivity index (χ0) is 12.3. The molecule has 2 aromatic rings. The maximum atomic E-state index is 12.1. The Morgan fingerprint density at radius 3 is 3.12 bits per heavy atom. The quantitative estimate of drug-likeness (QED) is 0.776. The lowest BCUT2D eigenvalue weighted by Gasteiger charge is -2.12. The Hall–Kier alpha value is -2.03. The van der Waals surface area contributed by atoms with Crippen molar-refractivity contribution in [2.24, 2.45) is 0 Å². The Kier molecular flexibility index (Phi) is 3.28. The average molecular weight is 228 g/mol. The molecule has 88 valence electrons. The number of nitrogens with one attached hydrogen (secondary N) is 2. The van der Waals surface area contributed by atoms with Crippen LogP contribution in [0.1, 0.15) is 23.7 Å². The maximum Gasteiger partial charge on any atom is 0.252 e. The highest BCUT2D eigenvalue weighted by Crippen LogP contribution is 2.17. The summed E-state index contributed by atoms with van der Waals surface area (Å²) in [6, 6.07) is 7.70. The van der Waals surface area contributed by atoms with Gasteiger partial charge in [0.15, 0.2) is 0 Å². The molecule has 0 aliphatic carbocycles. The number of hydrogen-bond donors (Lipinski definition) is 2. The van der Waals surface area contributed by atoms with Crippen molar-refractivity contribution in [1.29, 1.82) is 0 Å². The fraction of sp³-hybridized carbons (Fsp3) is 0.214. The largest absolute Gasteiger partial charge is 0.361 e. The minimum Gasteiger partial charge on any atom is -0.361 e. The highest BCUT2D eigenvalue weighted by atomic mass is 16.1. The van der Waals surface area contributed by atoms with Crippen LogP contribution in [0.2, 0.25) is 0 Å². The second-order valence-corrected chi connectivity index (χ2v) is 4.14. The van der Waals surface area contributed by atoms with Crippen molar-refractivity contribution < 1.29 is 4.79 Å². The van der Waals surface area contributed by atoms with Gasteiger partial charge >= 0.3 is 0 Å². The fourth-order valence-electron chi connectivity index (χ4n) is 1.89. The predicted octanol–water partition coefficient (Wildman–Crippen LogP) is 2.86. The molecular formula is C14H16N2O. The molecule has 3 nitrogen and oxygen atoms in total. The van der Waals surface area contributed by atoms with E-state index in [2.05, 4.69) is 16.9 Å². The molecule has 3 heteroatoms. The van der Waals surface area contributed by atoms with Crippen molar-refractivity contribution in [3.05, 3.63) is 48.7 Å². The molecule has 1 atom stereocenters. The highest BCUT2D eigenvalue weighted by molar-refractivity contribution is 6.06. The first-order valence-electron chi connectivity index (χ1n) is 5.70. The van der Waals surface area contributed by atoms with Gasteiger partial charge in [-0.2, -0.15) is 0 Å². The van der Waals surface area contributed by atoms with Crippen LogP contribution >= 0.6 is 0 Å². The van der Waals surface area contributed by atoms with E-state index in [1.54, 1.807) is 0 Å². The molecule has 0 fully saturated rings. The summed E-state index contributed by atoms with van der Waals surface area (Å²) in [4.78, 5) is 15.2. The van der Waals surface area contributed by atoms with Crippen molar-refractivity contribution in [3.8, 4) is 0 Å². The molecule has 17 heavy (non-hydrogen) atoms. The van der Waals surface area contributed by atoms with E-state index >= 15 is 0 Å². The number of carbonyl (C=O) groups excluding carboxylic acids is 1. The Bertz CT molecular complexity index is 542. The van der Waals surface area contributed by atoms with E-state index in [1.807, 2.05) is 43.5 Å². The van der Waals surface area contributed by atoms with Crippen LogP contribution in [-0.4, -0.2) is 16.9 Å². The topological polar surface area (TPSA) is 44.9 Å². The molecule has 0 aliphatic heterocycles. The molecular weight excluding hydrogens is 212 g/mol. The molecule has 0 spiro atoms. The van der Waals surface area contributed by atoms with Crippen LogP contribution in [0.5, 0.6) is 0 Å². The Morgan fingerprint density at radius 2 is 2.35 bits per heavy atom. The summed E-state index contributed by atoms with van der Waals surface area (Å²) in [5.74, 6) is -0.0375.